The Morgan fingerprint density at radius 1 is 0.912 bits per heavy atom. The highest BCUT2D eigenvalue weighted by molar-refractivity contribution is 7.99. The van der Waals surface area contributed by atoms with Crippen LogP contribution >= 0.6 is 11.8 Å². The predicted molar refractivity (Wildman–Crippen MR) is 122 cm³/mol. The van der Waals surface area contributed by atoms with Crippen molar-refractivity contribution in [3.8, 4) is 22.4 Å². The van der Waals surface area contributed by atoms with Gasteiger partial charge >= 0.3 is 12.1 Å². The maximum Gasteiger partial charge on any atom is 0.490 e. The quantitative estimate of drug-likeness (QED) is 0.145. The number of alkyl halides is 3. The van der Waals surface area contributed by atoms with Crippen LogP contribution in [-0.2, 0) is 9.53 Å². The lowest BCUT2D eigenvalue weighted by Gasteiger charge is -2.08. The van der Waals surface area contributed by atoms with Crippen LogP contribution in [0.15, 0.2) is 90.0 Å². The monoisotopic (exact) mass is 481 g/mol. The molecule has 34 heavy (non-hydrogen) atoms. The fraction of sp³-hybridized carbons (Fsp3) is 0.120. The van der Waals surface area contributed by atoms with Crippen LogP contribution in [0.2, 0.25) is 0 Å². The molecule has 0 N–H and O–H groups in total. The average molecular weight is 481 g/mol. The standard InChI is InChI=1S/C25H18F3N3O2S/c26-25(27,28)24(32)33-15-16-34-23-21(17-9-3-1-4-10-17)22(18-11-5-2-6-12-18)30-20-14-8-7-13-19(20)29-31(23)30/h1-14H,15-16H2. The lowest BCUT2D eigenvalue weighted by Crippen LogP contribution is -2.32. The van der Waals surface area contributed by atoms with Crippen LogP contribution in [0, 0.1) is 0 Å². The molecule has 5 rings (SSSR count). The number of thioether (sulfide) groups is 1. The molecule has 0 fully saturated rings. The van der Waals surface area contributed by atoms with E-state index in [4.69, 9.17) is 5.10 Å². The van der Waals surface area contributed by atoms with Gasteiger partial charge in [0.1, 0.15) is 6.61 Å². The summed E-state index contributed by atoms with van der Waals surface area (Å²) in [6.07, 6.45) is -5.01. The van der Waals surface area contributed by atoms with Crippen molar-refractivity contribution < 1.29 is 27.3 Å². The van der Waals surface area contributed by atoms with E-state index in [1.807, 2.05) is 89.4 Å². The number of hydrogen-bond donors (Lipinski definition) is 0. The van der Waals surface area contributed by atoms with Crippen LogP contribution < -0.4 is 9.73 Å². The summed E-state index contributed by atoms with van der Waals surface area (Å²) in [5.74, 6) is -2.06. The summed E-state index contributed by atoms with van der Waals surface area (Å²) >= 11 is 1.29. The number of carbonyl (C=O) groups is 1. The first-order valence-corrected chi connectivity index (χ1v) is 11.4. The Balaban J connectivity index is 1.67. The van der Waals surface area contributed by atoms with Crippen molar-refractivity contribution in [3.05, 3.63) is 84.9 Å². The minimum Gasteiger partial charge on any atom is -0.458 e. The molecule has 2 aromatic heterocycles. The molecule has 0 unspecified atom stereocenters. The van der Waals surface area contributed by atoms with Crippen LogP contribution in [0.25, 0.3) is 33.4 Å². The first-order valence-electron chi connectivity index (χ1n) is 10.4. The Hall–Kier alpha value is -3.72. The molecule has 0 aliphatic heterocycles. The average Bonchev–Trinajstić information content (AvgIpc) is 3.37. The van der Waals surface area contributed by atoms with E-state index in [1.165, 1.54) is 11.8 Å². The number of aromatic nitrogens is 3. The van der Waals surface area contributed by atoms with Crippen molar-refractivity contribution in [3.63, 3.8) is 0 Å². The van der Waals surface area contributed by atoms with Gasteiger partial charge in [0, 0.05) is 22.5 Å². The molecule has 0 saturated carbocycles. The van der Waals surface area contributed by atoms with Crippen LogP contribution in [0.5, 0.6) is 0 Å². The van der Waals surface area contributed by atoms with Crippen molar-refractivity contribution in [1.29, 1.82) is 0 Å². The number of rotatable bonds is 6. The number of halogens is 3. The topological polar surface area (TPSA) is 48.9 Å². The normalized spacial score (nSPS) is 11.9. The van der Waals surface area contributed by atoms with E-state index in [-0.39, 0.29) is 12.4 Å². The molecule has 0 aliphatic rings. The molecule has 0 amide bonds. The predicted octanol–water partition coefficient (Wildman–Crippen LogP) is 5.17. The SMILES string of the molecule is O=C(OCCSc1c(-c2ccccc2)c(-c2ccccc2)n2c3ccccc3[n-][n+]12)C(F)(F)F. The van der Waals surface area contributed by atoms with Gasteiger partial charge in [-0.2, -0.15) is 18.3 Å². The zero-order chi connectivity index (χ0) is 23.7. The van der Waals surface area contributed by atoms with Gasteiger partial charge in [0.25, 0.3) is 5.03 Å². The number of fused-ring (bicyclic) bond motifs is 3. The molecule has 0 bridgehead atoms. The van der Waals surface area contributed by atoms with Crippen molar-refractivity contribution in [2.75, 3.05) is 12.4 Å². The molecule has 0 spiro atoms. The van der Waals surface area contributed by atoms with E-state index in [0.717, 1.165) is 38.4 Å². The third-order valence-electron chi connectivity index (χ3n) is 5.24. The molecule has 9 heteroatoms. The zero-order valence-electron chi connectivity index (χ0n) is 17.7. The summed E-state index contributed by atoms with van der Waals surface area (Å²) in [5, 5.41) is 5.51. The van der Waals surface area contributed by atoms with Gasteiger partial charge in [0.05, 0.1) is 5.56 Å². The van der Waals surface area contributed by atoms with Crippen LogP contribution in [0.3, 0.4) is 0 Å². The highest BCUT2D eigenvalue weighted by Gasteiger charge is 2.40. The lowest BCUT2D eigenvalue weighted by atomic mass is 10.0. The fourth-order valence-electron chi connectivity index (χ4n) is 3.85. The third-order valence-corrected chi connectivity index (χ3v) is 6.25. The number of esters is 1. The summed E-state index contributed by atoms with van der Waals surface area (Å²) in [5.41, 5.74) is 5.40. The molecule has 2 heterocycles. The second kappa shape index (κ2) is 8.90. The maximum atomic E-state index is 12.5. The van der Waals surface area contributed by atoms with Gasteiger partial charge in [-0.1, -0.05) is 96.7 Å². The zero-order valence-corrected chi connectivity index (χ0v) is 18.5. The Labute approximate surface area is 196 Å². The minimum atomic E-state index is -5.01. The first kappa shape index (κ1) is 22.1. The number of benzene rings is 3. The number of hydrogen-bond acceptors (Lipinski definition) is 3. The van der Waals surface area contributed by atoms with E-state index in [9.17, 15) is 18.0 Å². The molecule has 5 nitrogen and oxygen atoms in total. The summed E-state index contributed by atoms with van der Waals surface area (Å²) in [4.78, 5) is 11.1. The van der Waals surface area contributed by atoms with Crippen molar-refractivity contribution in [2.24, 2.45) is 0 Å². The molecule has 3 aromatic carbocycles. The van der Waals surface area contributed by atoms with Crippen LogP contribution in [-0.4, -0.2) is 29.0 Å². The Morgan fingerprint density at radius 3 is 2.21 bits per heavy atom. The Bertz CT molecular complexity index is 1460. The van der Waals surface area contributed by atoms with E-state index < -0.39 is 12.1 Å². The second-order valence-electron chi connectivity index (χ2n) is 7.43. The third kappa shape index (κ3) is 4.03. The number of nitrogens with zero attached hydrogens (tertiary/aromatic N) is 3. The second-order valence-corrected chi connectivity index (χ2v) is 8.52. The Morgan fingerprint density at radius 2 is 1.53 bits per heavy atom. The molecular formula is C25H18F3N3O2S. The molecule has 0 aliphatic carbocycles. The van der Waals surface area contributed by atoms with E-state index in [0.29, 0.717) is 0 Å². The van der Waals surface area contributed by atoms with Gasteiger partial charge in [-0.25, -0.2) is 9.31 Å². The van der Waals surface area contributed by atoms with E-state index >= 15 is 0 Å². The van der Waals surface area contributed by atoms with Crippen molar-refractivity contribution in [2.45, 2.75) is 11.2 Å². The van der Waals surface area contributed by atoms with E-state index in [2.05, 4.69) is 4.74 Å². The molecule has 0 saturated heterocycles. The summed E-state index contributed by atoms with van der Waals surface area (Å²) in [7, 11) is 0. The number of carbonyl (C=O) groups excluding carboxylic acids is 1. The summed E-state index contributed by atoms with van der Waals surface area (Å²) in [6.45, 7) is -0.379. The minimum absolute atomic E-state index is 0.131. The Kier molecular flexibility index (Phi) is 5.79. The molecular weight excluding hydrogens is 463 g/mol. The largest absolute Gasteiger partial charge is 0.490 e. The van der Waals surface area contributed by atoms with E-state index in [1.54, 1.807) is 4.63 Å². The fourth-order valence-corrected chi connectivity index (χ4v) is 4.80. The van der Waals surface area contributed by atoms with Crippen LogP contribution in [0.1, 0.15) is 0 Å². The number of ether oxygens (including phenoxy) is 1. The van der Waals surface area contributed by atoms with Gasteiger partial charge in [0.2, 0.25) is 0 Å². The molecule has 5 aromatic rings. The summed E-state index contributed by atoms with van der Waals surface area (Å²) in [6, 6.07) is 27.3. The maximum absolute atomic E-state index is 12.5. The molecule has 0 radical (unpaired) electrons. The van der Waals surface area contributed by atoms with Gasteiger partial charge in [-0.05, 0) is 11.1 Å². The molecule has 172 valence electrons. The van der Waals surface area contributed by atoms with Gasteiger partial charge < -0.3 is 4.74 Å². The number of para-hydroxylation sites is 1. The molecule has 0 atom stereocenters. The van der Waals surface area contributed by atoms with Gasteiger partial charge in [0.15, 0.2) is 0 Å². The highest BCUT2D eigenvalue weighted by atomic mass is 32.2. The lowest BCUT2D eigenvalue weighted by molar-refractivity contribution is -0.708. The smallest absolute Gasteiger partial charge is 0.458 e. The van der Waals surface area contributed by atoms with Crippen LogP contribution in [0.4, 0.5) is 13.2 Å². The summed E-state index contributed by atoms with van der Waals surface area (Å²) < 4.78 is 45.7. The van der Waals surface area contributed by atoms with Crippen molar-refractivity contribution >= 4 is 28.8 Å². The highest BCUT2D eigenvalue weighted by Crippen LogP contribution is 2.39. The van der Waals surface area contributed by atoms with Gasteiger partial charge in [-0.15, -0.1) is 4.63 Å². The van der Waals surface area contributed by atoms with Gasteiger partial charge in [-0.3, -0.25) is 0 Å². The van der Waals surface area contributed by atoms with Crippen molar-refractivity contribution in [1.82, 2.24) is 9.61 Å². The first-order chi connectivity index (χ1) is 16.4.